The second-order valence-corrected chi connectivity index (χ2v) is 6.27. The molecule has 25 heavy (non-hydrogen) atoms. The minimum absolute atomic E-state index is 0.319. The lowest BCUT2D eigenvalue weighted by atomic mass is 9.96. The van der Waals surface area contributed by atoms with Crippen molar-refractivity contribution < 1.29 is 49.6 Å². The molecule has 2 fully saturated rings. The Labute approximate surface area is 143 Å². The van der Waals surface area contributed by atoms with Crippen molar-refractivity contribution in [2.75, 3.05) is 13.2 Å². The summed E-state index contributed by atoms with van der Waals surface area (Å²) in [4.78, 5) is 4.11. The van der Waals surface area contributed by atoms with E-state index in [0.29, 0.717) is 5.90 Å². The number of hydrogen-bond donors (Lipinski definition) is 6. The summed E-state index contributed by atoms with van der Waals surface area (Å²) in [5.41, 5.74) is 0. The van der Waals surface area contributed by atoms with Gasteiger partial charge < -0.3 is 49.6 Å². The monoisotopic (exact) mass is 365 g/mol. The molecule has 0 bridgehead atoms. The average Bonchev–Trinajstić information content (AvgIpc) is 2.97. The number of hydrogen-bond acceptors (Lipinski definition) is 11. The van der Waals surface area contributed by atoms with Crippen LogP contribution in [0.15, 0.2) is 4.99 Å². The highest BCUT2D eigenvalue weighted by Crippen LogP contribution is 2.32. The maximum absolute atomic E-state index is 10.5. The highest BCUT2D eigenvalue weighted by molar-refractivity contribution is 5.75. The van der Waals surface area contributed by atoms with Gasteiger partial charge in [0.05, 0.1) is 13.2 Å². The fraction of sp³-hybridized carbons (Fsp3) is 0.929. The van der Waals surface area contributed by atoms with E-state index in [9.17, 15) is 30.6 Å². The van der Waals surface area contributed by atoms with Crippen LogP contribution in [0.5, 0.6) is 0 Å². The predicted molar refractivity (Wildman–Crippen MR) is 78.4 cm³/mol. The fourth-order valence-corrected chi connectivity index (χ4v) is 3.20. The van der Waals surface area contributed by atoms with Crippen molar-refractivity contribution in [3.63, 3.8) is 0 Å². The Kier molecular flexibility index (Phi) is 5.58. The van der Waals surface area contributed by atoms with Crippen LogP contribution in [-0.2, 0) is 18.9 Å². The minimum Gasteiger partial charge on any atom is -0.450 e. The van der Waals surface area contributed by atoms with Crippen molar-refractivity contribution in [3.8, 4) is 0 Å². The number of nitrogens with zero attached hydrogens (tertiary/aromatic N) is 1. The molecule has 3 rings (SSSR count). The summed E-state index contributed by atoms with van der Waals surface area (Å²) in [5, 5.41) is 58.9. The van der Waals surface area contributed by atoms with E-state index in [4.69, 9.17) is 18.9 Å². The highest BCUT2D eigenvalue weighted by Gasteiger charge is 2.52. The number of aliphatic hydroxyl groups excluding tert-OH is 6. The number of aliphatic hydroxyl groups is 6. The molecule has 0 aromatic carbocycles. The van der Waals surface area contributed by atoms with Crippen LogP contribution < -0.4 is 0 Å². The molecule has 3 aliphatic rings. The van der Waals surface area contributed by atoms with Crippen molar-refractivity contribution in [3.05, 3.63) is 0 Å². The summed E-state index contributed by atoms with van der Waals surface area (Å²) < 4.78 is 21.6. The molecule has 2 saturated heterocycles. The molecule has 11 heteroatoms. The molecular formula is C14H23NO10. The molecule has 0 aromatic heterocycles. The third-order valence-electron chi connectivity index (χ3n) is 4.58. The van der Waals surface area contributed by atoms with Gasteiger partial charge in [-0.25, -0.2) is 4.99 Å². The van der Waals surface area contributed by atoms with E-state index in [-0.39, 0.29) is 0 Å². The third-order valence-corrected chi connectivity index (χ3v) is 4.58. The minimum atomic E-state index is -1.63. The number of fused-ring (bicyclic) bond motifs is 1. The van der Waals surface area contributed by atoms with Gasteiger partial charge in [-0.2, -0.15) is 0 Å². The summed E-state index contributed by atoms with van der Waals surface area (Å²) in [5.74, 6) is 0.319. The van der Waals surface area contributed by atoms with Crippen LogP contribution in [0.3, 0.4) is 0 Å². The van der Waals surface area contributed by atoms with Crippen LogP contribution in [0.25, 0.3) is 0 Å². The van der Waals surface area contributed by atoms with E-state index >= 15 is 0 Å². The Morgan fingerprint density at radius 1 is 0.920 bits per heavy atom. The van der Waals surface area contributed by atoms with Crippen LogP contribution in [0.1, 0.15) is 6.92 Å². The van der Waals surface area contributed by atoms with Gasteiger partial charge in [0.1, 0.15) is 48.8 Å². The van der Waals surface area contributed by atoms with E-state index < -0.39 is 74.6 Å². The predicted octanol–water partition coefficient (Wildman–Crippen LogP) is -3.93. The smallest absolute Gasteiger partial charge is 0.227 e. The second kappa shape index (κ2) is 7.39. The lowest BCUT2D eigenvalue weighted by molar-refractivity contribution is -0.341. The van der Waals surface area contributed by atoms with E-state index in [1.165, 1.54) is 0 Å². The van der Waals surface area contributed by atoms with Gasteiger partial charge in [-0.05, 0) is 0 Å². The molecule has 4 unspecified atom stereocenters. The van der Waals surface area contributed by atoms with Crippen LogP contribution in [0.4, 0.5) is 0 Å². The molecule has 0 saturated carbocycles. The first-order valence-electron chi connectivity index (χ1n) is 7.98. The molecule has 3 aliphatic heterocycles. The number of rotatable bonds is 4. The van der Waals surface area contributed by atoms with Crippen LogP contribution in [0.2, 0.25) is 0 Å². The van der Waals surface area contributed by atoms with Gasteiger partial charge in [0.2, 0.25) is 6.29 Å². The zero-order chi connectivity index (χ0) is 18.3. The largest absolute Gasteiger partial charge is 0.450 e. The zero-order valence-corrected chi connectivity index (χ0v) is 13.5. The average molecular weight is 365 g/mol. The first-order valence-corrected chi connectivity index (χ1v) is 7.98. The topological polar surface area (TPSA) is 171 Å². The molecule has 0 aliphatic carbocycles. The number of ether oxygens (including phenoxy) is 4. The van der Waals surface area contributed by atoms with E-state index in [1.54, 1.807) is 6.92 Å². The maximum Gasteiger partial charge on any atom is 0.227 e. The van der Waals surface area contributed by atoms with Crippen molar-refractivity contribution in [2.24, 2.45) is 4.99 Å². The molecule has 0 spiro atoms. The molecule has 3 heterocycles. The summed E-state index contributed by atoms with van der Waals surface area (Å²) in [7, 11) is 0. The van der Waals surface area contributed by atoms with Crippen molar-refractivity contribution in [1.82, 2.24) is 0 Å². The van der Waals surface area contributed by atoms with Crippen molar-refractivity contribution in [2.45, 2.75) is 68.3 Å². The second-order valence-electron chi connectivity index (χ2n) is 6.27. The third kappa shape index (κ3) is 3.39. The molecule has 144 valence electrons. The lowest BCUT2D eigenvalue weighted by Crippen LogP contribution is -2.63. The molecule has 10 atom stereocenters. The number of aliphatic imine (C=N–C) groups is 1. The summed E-state index contributed by atoms with van der Waals surface area (Å²) in [6.45, 7) is 0.473. The van der Waals surface area contributed by atoms with E-state index in [1.807, 2.05) is 0 Å². The van der Waals surface area contributed by atoms with Crippen molar-refractivity contribution in [1.29, 1.82) is 0 Å². The van der Waals surface area contributed by atoms with Crippen LogP contribution in [0, 0.1) is 0 Å². The lowest BCUT2D eigenvalue weighted by Gasteiger charge is -2.44. The van der Waals surface area contributed by atoms with Gasteiger partial charge in [0.15, 0.2) is 12.2 Å². The summed E-state index contributed by atoms with van der Waals surface area (Å²) >= 11 is 0. The molecule has 0 aromatic rings. The van der Waals surface area contributed by atoms with Crippen molar-refractivity contribution >= 4 is 5.90 Å². The maximum atomic E-state index is 10.5. The van der Waals surface area contributed by atoms with E-state index in [2.05, 4.69) is 4.99 Å². The molecule has 6 N–H and O–H groups in total. The summed E-state index contributed by atoms with van der Waals surface area (Å²) in [6.07, 6.45) is -11.6. The molecular weight excluding hydrogens is 342 g/mol. The van der Waals surface area contributed by atoms with Gasteiger partial charge in [0.25, 0.3) is 0 Å². The zero-order valence-electron chi connectivity index (χ0n) is 13.5. The van der Waals surface area contributed by atoms with E-state index in [0.717, 1.165) is 0 Å². The Morgan fingerprint density at radius 2 is 1.60 bits per heavy atom. The van der Waals surface area contributed by atoms with Gasteiger partial charge >= 0.3 is 0 Å². The molecule has 0 amide bonds. The van der Waals surface area contributed by atoms with Gasteiger partial charge in [-0.3, -0.25) is 0 Å². The van der Waals surface area contributed by atoms with Crippen LogP contribution >= 0.6 is 0 Å². The Balaban J connectivity index is 1.75. The van der Waals surface area contributed by atoms with Gasteiger partial charge in [0, 0.05) is 6.92 Å². The van der Waals surface area contributed by atoms with Crippen LogP contribution in [-0.4, -0.2) is 111 Å². The fourth-order valence-electron chi connectivity index (χ4n) is 3.20. The highest BCUT2D eigenvalue weighted by atomic mass is 16.7. The first kappa shape index (κ1) is 18.9. The van der Waals surface area contributed by atoms with Gasteiger partial charge in [-0.15, -0.1) is 0 Å². The standard InChI is InChI=1S/C14H23NO10/c1-4-15-7-9(19)12(6(3-17)24-13(7)22-4)25-14-11(21)10(20)8(18)5(2-16)23-14/h5-14,16-21H,2-3H2,1H3/t5?,6?,7?,8-,9+,10-,11?,12-,13+,14-/m0/s1. The quantitative estimate of drug-likeness (QED) is 0.289. The molecule has 0 radical (unpaired) electrons. The summed E-state index contributed by atoms with van der Waals surface area (Å²) in [6, 6.07) is -0.780. The Hall–Kier alpha value is -0.890. The Bertz CT molecular complexity index is 502. The first-order chi connectivity index (χ1) is 11.9. The normalized spacial score (nSPS) is 50.1. The Morgan fingerprint density at radius 3 is 2.24 bits per heavy atom. The van der Waals surface area contributed by atoms with Gasteiger partial charge in [-0.1, -0.05) is 0 Å². The SMILES string of the molecule is CC1=NC2[C@H](O1)OC(CO)[C@H](O[C@@H]1OC(CO)[C@H](O)[C@H](O)C1O)[C@@H]2O. The molecule has 11 nitrogen and oxygen atoms in total.